The molecule has 1 saturated heterocycles. The molecule has 0 radical (unpaired) electrons. The summed E-state index contributed by atoms with van der Waals surface area (Å²) in [5, 5.41) is 0. The van der Waals surface area contributed by atoms with Crippen LogP contribution in [0.4, 0.5) is 0 Å². The van der Waals surface area contributed by atoms with Crippen molar-refractivity contribution in [1.82, 2.24) is 4.90 Å². The van der Waals surface area contributed by atoms with E-state index in [0.717, 1.165) is 7.11 Å². The van der Waals surface area contributed by atoms with Gasteiger partial charge < -0.3 is 19.9 Å². The molecule has 0 amide bonds. The van der Waals surface area contributed by atoms with E-state index in [1.807, 2.05) is 0 Å². The van der Waals surface area contributed by atoms with Gasteiger partial charge in [-0.2, -0.15) is 0 Å². The summed E-state index contributed by atoms with van der Waals surface area (Å²) < 4.78 is 179. The van der Waals surface area contributed by atoms with Gasteiger partial charge in [0.1, 0.15) is 12.1 Å². The van der Waals surface area contributed by atoms with Crippen LogP contribution in [0.2, 0.25) is 0 Å². The molecule has 1 fully saturated rings. The molecule has 168 valence electrons. The van der Waals surface area contributed by atoms with Gasteiger partial charge in [-0.3, -0.25) is 9.69 Å². The lowest BCUT2D eigenvalue weighted by Gasteiger charge is -2.47. The lowest BCUT2D eigenvalue weighted by Crippen LogP contribution is -2.51. The van der Waals surface area contributed by atoms with Gasteiger partial charge in [-0.05, 0) is 47.8 Å². The van der Waals surface area contributed by atoms with E-state index in [0.29, 0.717) is 19.1 Å². The number of ether oxygens (including phenoxy) is 3. The van der Waals surface area contributed by atoms with E-state index in [1.165, 1.54) is 13.8 Å². The Balaban J connectivity index is 2.66. The SMILES string of the molecule is [2H]C([2H])([2H])Oc1cc2c(cc1OC)C([2H])([2H])C([2H])([2H])N1C([2H])([2H])C([2H])(C([2H])([2H])C([2H])(C)C([2H])([2H])[2H])C(OC(=O)[C@@H](N)C(C)C)C([2H])([2H])C21[2H]. The summed E-state index contributed by atoms with van der Waals surface area (Å²) in [5.41, 5.74) is 4.02. The van der Waals surface area contributed by atoms with Crippen LogP contribution in [-0.4, -0.2) is 50.2 Å². The van der Waals surface area contributed by atoms with Crippen molar-refractivity contribution in [3.05, 3.63) is 23.3 Å². The minimum Gasteiger partial charge on any atom is -0.493 e. The molecule has 2 aliphatic rings. The van der Waals surface area contributed by atoms with Crippen molar-refractivity contribution in [2.45, 2.75) is 64.9 Å². The summed E-state index contributed by atoms with van der Waals surface area (Å²) in [6.07, 6.45) is -14.8. The first-order chi connectivity index (χ1) is 21.5. The number of fused-ring (bicyclic) bond motifs is 3. The molecule has 4 unspecified atom stereocenters. The lowest BCUT2D eigenvalue weighted by molar-refractivity contribution is -0.160. The van der Waals surface area contributed by atoms with Crippen molar-refractivity contribution in [2.24, 2.45) is 23.4 Å². The number of rotatable bonds is 7. The zero-order valence-corrected chi connectivity index (χ0v) is 17.0. The van der Waals surface area contributed by atoms with Crippen LogP contribution in [0, 0.1) is 17.7 Å². The smallest absolute Gasteiger partial charge is 0.323 e. The summed E-state index contributed by atoms with van der Waals surface area (Å²) in [7, 11) is -2.22. The number of benzene rings is 1. The predicted molar refractivity (Wildman–Crippen MR) is 118 cm³/mol. The van der Waals surface area contributed by atoms with Gasteiger partial charge in [0, 0.05) is 51.8 Å². The number of hydrogen-bond acceptors (Lipinski definition) is 6. The fraction of sp³-hybridized carbons (Fsp3) is 0.708. The first-order valence-corrected chi connectivity index (χ1v) is 9.18. The van der Waals surface area contributed by atoms with E-state index in [4.69, 9.17) is 37.8 Å². The summed E-state index contributed by atoms with van der Waals surface area (Å²) in [5.74, 6) is -11.3. The first kappa shape index (κ1) is 8.62. The van der Waals surface area contributed by atoms with Crippen LogP contribution in [0.5, 0.6) is 11.5 Å². The third-order valence-electron chi connectivity index (χ3n) is 4.50. The zero-order chi connectivity index (χ0) is 38.7. The van der Waals surface area contributed by atoms with E-state index < -0.39 is 115 Å². The van der Waals surface area contributed by atoms with Crippen molar-refractivity contribution in [1.29, 1.82) is 0 Å². The third-order valence-corrected chi connectivity index (χ3v) is 4.50. The number of esters is 1. The number of hydrogen-bond donors (Lipinski definition) is 1. The van der Waals surface area contributed by atoms with Gasteiger partial charge in [0.15, 0.2) is 11.5 Å². The van der Waals surface area contributed by atoms with E-state index in [-0.39, 0.29) is 0 Å². The van der Waals surface area contributed by atoms with E-state index in [1.54, 1.807) is 0 Å². The molecule has 6 nitrogen and oxygen atoms in total. The Bertz CT molecular complexity index is 1480. The number of nitrogens with zero attached hydrogens (tertiary/aromatic N) is 1. The van der Waals surface area contributed by atoms with E-state index in [9.17, 15) is 13.0 Å². The third kappa shape index (κ3) is 4.75. The second-order valence-corrected chi connectivity index (χ2v) is 7.08. The van der Waals surface area contributed by atoms with Crippen molar-refractivity contribution < 1.29 is 45.0 Å². The second-order valence-electron chi connectivity index (χ2n) is 7.08. The van der Waals surface area contributed by atoms with Gasteiger partial charge in [-0.15, -0.1) is 0 Å². The Morgan fingerprint density at radius 1 is 1.43 bits per heavy atom. The number of aryl methyl sites for hydroxylation is 1. The van der Waals surface area contributed by atoms with Crippen LogP contribution >= 0.6 is 0 Å². The monoisotopic (exact) mass is 437 g/mol. The van der Waals surface area contributed by atoms with Gasteiger partial charge in [-0.25, -0.2) is 0 Å². The predicted octanol–water partition coefficient (Wildman–Crippen LogP) is 3.56. The molecule has 30 heavy (non-hydrogen) atoms. The molecule has 6 heteroatoms. The molecule has 0 aromatic heterocycles. The molecule has 0 aliphatic carbocycles. The Hall–Kier alpha value is -1.79. The number of carbonyl (C=O) groups is 1. The number of nitrogens with two attached hydrogens (primary N) is 1. The second kappa shape index (κ2) is 9.56. The van der Waals surface area contributed by atoms with Crippen molar-refractivity contribution in [3.8, 4) is 11.5 Å². The maximum absolute atomic E-state index is 13.3. The minimum absolute atomic E-state index is 0.436. The van der Waals surface area contributed by atoms with Crippen LogP contribution in [0.1, 0.15) is 83.6 Å². The van der Waals surface area contributed by atoms with Crippen LogP contribution < -0.4 is 15.2 Å². The molecule has 0 spiro atoms. The number of piperidine rings is 1. The van der Waals surface area contributed by atoms with Gasteiger partial charge >= 0.3 is 5.97 Å². The quantitative estimate of drug-likeness (QED) is 0.658. The average Bonchev–Trinajstić information content (AvgIpc) is 2.90. The van der Waals surface area contributed by atoms with Gasteiger partial charge in [-0.1, -0.05) is 27.6 Å². The topological polar surface area (TPSA) is 74.0 Å². The lowest BCUT2D eigenvalue weighted by atomic mass is 9.79. The Morgan fingerprint density at radius 2 is 2.20 bits per heavy atom. The molecule has 1 aromatic carbocycles. The molecule has 2 aliphatic heterocycles. The number of carbonyl (C=O) groups excluding carboxylic acids is 1. The molecule has 5 atom stereocenters. The number of methoxy groups -OCH3 is 2. The van der Waals surface area contributed by atoms with Crippen molar-refractivity contribution >= 4 is 5.97 Å². The summed E-state index contributed by atoms with van der Waals surface area (Å²) in [6.45, 7) is -8.57. The van der Waals surface area contributed by atoms with Crippen LogP contribution in [-0.2, 0) is 15.9 Å². The summed E-state index contributed by atoms with van der Waals surface area (Å²) >= 11 is 0. The molecule has 0 saturated carbocycles. The maximum atomic E-state index is 13.3. The van der Waals surface area contributed by atoms with Gasteiger partial charge in [0.2, 0.25) is 0 Å². The molecule has 3 rings (SSSR count). The molecular weight excluding hydrogens is 380 g/mol. The van der Waals surface area contributed by atoms with Crippen LogP contribution in [0.25, 0.3) is 0 Å². The molecular formula is C24H38N2O4. The normalized spacial score (nSPS) is 49.1. The van der Waals surface area contributed by atoms with Crippen LogP contribution in [0.15, 0.2) is 12.1 Å². The fourth-order valence-electron chi connectivity index (χ4n) is 2.84. The summed E-state index contributed by atoms with van der Waals surface area (Å²) in [6, 6.07) is -4.04. The molecule has 1 aromatic rings. The maximum Gasteiger partial charge on any atom is 0.323 e. The van der Waals surface area contributed by atoms with E-state index >= 15 is 0 Å². The highest BCUT2D eigenvalue weighted by atomic mass is 16.5. The van der Waals surface area contributed by atoms with Crippen molar-refractivity contribution in [2.75, 3.05) is 27.1 Å². The fourth-order valence-corrected chi connectivity index (χ4v) is 2.84. The largest absolute Gasteiger partial charge is 0.493 e. The van der Waals surface area contributed by atoms with E-state index in [2.05, 4.69) is 0 Å². The Morgan fingerprint density at radius 3 is 2.87 bits per heavy atom. The Labute approximate surface area is 207 Å². The highest BCUT2D eigenvalue weighted by molar-refractivity contribution is 5.76. The first-order valence-electron chi connectivity index (χ1n) is 18.7. The molecule has 2 heterocycles. The van der Waals surface area contributed by atoms with Gasteiger partial charge in [0.25, 0.3) is 0 Å². The highest BCUT2D eigenvalue weighted by Crippen LogP contribution is 2.44. The minimum atomic E-state index is -4.25. The van der Waals surface area contributed by atoms with Crippen LogP contribution in [0.3, 0.4) is 0 Å². The van der Waals surface area contributed by atoms with Gasteiger partial charge in [0.05, 0.1) is 19.6 Å². The highest BCUT2D eigenvalue weighted by Gasteiger charge is 2.41. The standard InChI is InChI=1S/C24H38N2O4/c1-14(2)9-17-13-26-8-7-16-10-21(28-5)22(29-6)11-18(16)19(26)12-20(17)30-24(27)23(25)15(3)4/h10-11,14-15,17,19-20,23H,7-9,12-13,25H2,1-6H3/t17?,19?,20?,23-/m0/s1/i1D3,6D3,7D2,8D2,9D2,12D2,13D2,14D,17D,19D/t14?,17?,19?,20?,23-. The summed E-state index contributed by atoms with van der Waals surface area (Å²) in [4.78, 5) is 12.9. The zero-order valence-electron chi connectivity index (χ0n) is 36.0. The Kier molecular flexibility index (Phi) is 2.75. The molecule has 2 N–H and O–H groups in total. The molecule has 0 bridgehead atoms. The average molecular weight is 438 g/mol. The van der Waals surface area contributed by atoms with Crippen molar-refractivity contribution in [3.63, 3.8) is 0 Å².